The lowest BCUT2D eigenvalue weighted by atomic mass is 10.1. The van der Waals surface area contributed by atoms with E-state index in [-0.39, 0.29) is 11.2 Å². The highest BCUT2D eigenvalue weighted by Gasteiger charge is 2.27. The zero-order chi connectivity index (χ0) is 13.0. The first kappa shape index (κ1) is 13.4. The molecule has 0 saturated carbocycles. The number of rotatable bonds is 3. The van der Waals surface area contributed by atoms with Crippen LogP contribution in [0.15, 0.2) is 30.3 Å². The number of hydrogen-bond donors (Lipinski definition) is 1. The van der Waals surface area contributed by atoms with E-state index >= 15 is 0 Å². The van der Waals surface area contributed by atoms with Gasteiger partial charge in [-0.3, -0.25) is 4.79 Å². The van der Waals surface area contributed by atoms with Crippen LogP contribution in [0.3, 0.4) is 0 Å². The van der Waals surface area contributed by atoms with Crippen molar-refractivity contribution in [1.82, 2.24) is 10.2 Å². The molecule has 1 fully saturated rings. The van der Waals surface area contributed by atoms with Crippen LogP contribution in [0.4, 0.5) is 0 Å². The Balaban J connectivity index is 2.10. The van der Waals surface area contributed by atoms with Gasteiger partial charge in [0.05, 0.1) is 0 Å². The fraction of sp³-hybridized carbons (Fsp3) is 0.500. The van der Waals surface area contributed by atoms with E-state index in [1.54, 1.807) is 11.8 Å². The molecule has 0 radical (unpaired) electrons. The summed E-state index contributed by atoms with van der Waals surface area (Å²) in [5.41, 5.74) is 1.10. The maximum atomic E-state index is 12.6. The van der Waals surface area contributed by atoms with Crippen molar-refractivity contribution < 1.29 is 4.79 Å². The first-order chi connectivity index (χ1) is 8.72. The first-order valence-electron chi connectivity index (χ1n) is 6.32. The number of thioether (sulfide) groups is 1. The molecule has 1 saturated heterocycles. The minimum Gasteiger partial charge on any atom is -0.339 e. The van der Waals surface area contributed by atoms with Gasteiger partial charge in [-0.25, -0.2) is 0 Å². The number of piperazine rings is 1. The molecule has 1 aromatic rings. The van der Waals surface area contributed by atoms with Crippen LogP contribution >= 0.6 is 11.8 Å². The van der Waals surface area contributed by atoms with E-state index in [9.17, 15) is 4.79 Å². The zero-order valence-electron chi connectivity index (χ0n) is 10.9. The maximum absolute atomic E-state index is 12.6. The zero-order valence-corrected chi connectivity index (χ0v) is 11.7. The second kappa shape index (κ2) is 6.25. The van der Waals surface area contributed by atoms with Crippen molar-refractivity contribution in [1.29, 1.82) is 0 Å². The van der Waals surface area contributed by atoms with Crippen molar-refractivity contribution in [3.05, 3.63) is 35.9 Å². The monoisotopic (exact) mass is 264 g/mol. The van der Waals surface area contributed by atoms with E-state index in [1.165, 1.54) is 0 Å². The molecule has 0 spiro atoms. The summed E-state index contributed by atoms with van der Waals surface area (Å²) in [6.45, 7) is 4.63. The van der Waals surface area contributed by atoms with E-state index < -0.39 is 0 Å². The number of benzene rings is 1. The van der Waals surface area contributed by atoms with Crippen molar-refractivity contribution in [3.8, 4) is 0 Å². The molecule has 1 aromatic carbocycles. The molecule has 3 nitrogen and oxygen atoms in total. The molecule has 2 rings (SSSR count). The summed E-state index contributed by atoms with van der Waals surface area (Å²) in [6.07, 6.45) is 2.00. The van der Waals surface area contributed by atoms with E-state index in [1.807, 2.05) is 41.5 Å². The van der Waals surface area contributed by atoms with E-state index in [4.69, 9.17) is 0 Å². The summed E-state index contributed by atoms with van der Waals surface area (Å²) in [6, 6.07) is 10.4. The van der Waals surface area contributed by atoms with Gasteiger partial charge in [0.25, 0.3) is 0 Å². The van der Waals surface area contributed by atoms with Crippen molar-refractivity contribution in [2.75, 3.05) is 25.9 Å². The van der Waals surface area contributed by atoms with Gasteiger partial charge in [-0.1, -0.05) is 30.3 Å². The van der Waals surface area contributed by atoms with Gasteiger partial charge in [0.1, 0.15) is 5.25 Å². The molecular weight excluding hydrogens is 244 g/mol. The summed E-state index contributed by atoms with van der Waals surface area (Å²) in [7, 11) is 0. The Morgan fingerprint density at radius 3 is 2.78 bits per heavy atom. The van der Waals surface area contributed by atoms with E-state index in [0.717, 1.165) is 25.2 Å². The van der Waals surface area contributed by atoms with Crippen LogP contribution in [0.25, 0.3) is 0 Å². The van der Waals surface area contributed by atoms with Crippen LogP contribution in [-0.4, -0.2) is 42.7 Å². The lowest BCUT2D eigenvalue weighted by molar-refractivity contribution is -0.131. The molecule has 4 heteroatoms. The fourth-order valence-corrected chi connectivity index (χ4v) is 3.09. The van der Waals surface area contributed by atoms with Gasteiger partial charge in [0.2, 0.25) is 5.91 Å². The third kappa shape index (κ3) is 3.06. The third-order valence-corrected chi connectivity index (χ3v) is 4.19. The van der Waals surface area contributed by atoms with Gasteiger partial charge >= 0.3 is 0 Å². The van der Waals surface area contributed by atoms with E-state index in [2.05, 4.69) is 12.2 Å². The Kier molecular flexibility index (Phi) is 4.66. The number of amides is 1. The summed E-state index contributed by atoms with van der Waals surface area (Å²) in [4.78, 5) is 14.5. The highest BCUT2D eigenvalue weighted by Crippen LogP contribution is 2.28. The molecule has 98 valence electrons. The summed E-state index contributed by atoms with van der Waals surface area (Å²) in [5.74, 6) is 0.238. The molecule has 1 heterocycles. The lowest BCUT2D eigenvalue weighted by Gasteiger charge is -2.34. The summed E-state index contributed by atoms with van der Waals surface area (Å²) >= 11 is 1.61. The Labute approximate surface area is 113 Å². The molecule has 18 heavy (non-hydrogen) atoms. The van der Waals surface area contributed by atoms with Crippen molar-refractivity contribution >= 4 is 17.7 Å². The highest BCUT2D eigenvalue weighted by molar-refractivity contribution is 7.99. The molecule has 1 aliphatic heterocycles. The van der Waals surface area contributed by atoms with Gasteiger partial charge in [0, 0.05) is 25.7 Å². The van der Waals surface area contributed by atoms with Crippen LogP contribution in [0.1, 0.15) is 17.7 Å². The molecule has 0 aromatic heterocycles. The Morgan fingerprint density at radius 2 is 2.17 bits per heavy atom. The molecule has 1 amide bonds. The minimum absolute atomic E-state index is 0.0727. The largest absolute Gasteiger partial charge is 0.339 e. The average molecular weight is 264 g/mol. The summed E-state index contributed by atoms with van der Waals surface area (Å²) in [5, 5.41) is 3.29. The Bertz CT molecular complexity index is 396. The van der Waals surface area contributed by atoms with Gasteiger partial charge < -0.3 is 10.2 Å². The standard InChI is InChI=1S/C14H20N2OS/c1-11-10-16(9-8-15-11)14(17)13(18-2)12-6-4-3-5-7-12/h3-7,11,13,15H,8-10H2,1-2H3. The van der Waals surface area contributed by atoms with Gasteiger partial charge in [-0.05, 0) is 18.7 Å². The van der Waals surface area contributed by atoms with Gasteiger partial charge in [0.15, 0.2) is 0 Å². The normalized spacial score (nSPS) is 21.7. The maximum Gasteiger partial charge on any atom is 0.240 e. The second-order valence-electron chi connectivity index (χ2n) is 4.67. The Hall–Kier alpha value is -1.00. The molecule has 0 bridgehead atoms. The molecule has 2 atom stereocenters. The third-order valence-electron chi connectivity index (χ3n) is 3.24. The van der Waals surface area contributed by atoms with E-state index in [0.29, 0.717) is 6.04 Å². The second-order valence-corrected chi connectivity index (χ2v) is 5.61. The number of hydrogen-bond acceptors (Lipinski definition) is 3. The number of carbonyl (C=O) groups excluding carboxylic acids is 1. The van der Waals surface area contributed by atoms with Crippen LogP contribution < -0.4 is 5.32 Å². The van der Waals surface area contributed by atoms with Crippen molar-refractivity contribution in [2.24, 2.45) is 0 Å². The molecule has 1 N–H and O–H groups in total. The van der Waals surface area contributed by atoms with Crippen LogP contribution in [0, 0.1) is 0 Å². The predicted molar refractivity (Wildman–Crippen MR) is 76.7 cm³/mol. The quantitative estimate of drug-likeness (QED) is 0.905. The summed E-state index contributed by atoms with van der Waals surface area (Å²) < 4.78 is 0. The van der Waals surface area contributed by atoms with Gasteiger partial charge in [-0.2, -0.15) is 0 Å². The van der Waals surface area contributed by atoms with Crippen LogP contribution in [-0.2, 0) is 4.79 Å². The predicted octanol–water partition coefficient (Wildman–Crippen LogP) is 1.91. The molecule has 2 unspecified atom stereocenters. The molecule has 0 aliphatic carbocycles. The minimum atomic E-state index is -0.0727. The number of nitrogens with one attached hydrogen (secondary N) is 1. The number of carbonyl (C=O) groups is 1. The first-order valence-corrected chi connectivity index (χ1v) is 7.61. The van der Waals surface area contributed by atoms with Crippen molar-refractivity contribution in [2.45, 2.75) is 18.2 Å². The molecular formula is C14H20N2OS. The van der Waals surface area contributed by atoms with Crippen LogP contribution in [0.2, 0.25) is 0 Å². The number of nitrogens with zero attached hydrogens (tertiary/aromatic N) is 1. The Morgan fingerprint density at radius 1 is 1.44 bits per heavy atom. The van der Waals surface area contributed by atoms with Gasteiger partial charge in [-0.15, -0.1) is 11.8 Å². The topological polar surface area (TPSA) is 32.3 Å². The van der Waals surface area contributed by atoms with Crippen molar-refractivity contribution in [3.63, 3.8) is 0 Å². The fourth-order valence-electron chi connectivity index (χ4n) is 2.31. The lowest BCUT2D eigenvalue weighted by Crippen LogP contribution is -2.52. The SMILES string of the molecule is CSC(C(=O)N1CCNC(C)C1)c1ccccc1. The van der Waals surface area contributed by atoms with Crippen LogP contribution in [0.5, 0.6) is 0 Å². The average Bonchev–Trinajstić information content (AvgIpc) is 2.41. The highest BCUT2D eigenvalue weighted by atomic mass is 32.2. The smallest absolute Gasteiger partial charge is 0.240 e. The molecule has 1 aliphatic rings.